The Balaban J connectivity index is 1.95. The number of ether oxygens (including phenoxy) is 1. The molecule has 3 N–H and O–H groups in total. The summed E-state index contributed by atoms with van der Waals surface area (Å²) in [6, 6.07) is 11.1. The van der Waals surface area contributed by atoms with Crippen LogP contribution in [0.5, 0.6) is 0 Å². The van der Waals surface area contributed by atoms with E-state index in [1.807, 2.05) is 36.4 Å². The largest absolute Gasteiger partial charge is 0.444 e. The average Bonchev–Trinajstić information content (AvgIpc) is 2.74. The maximum atomic E-state index is 13.2. The minimum atomic E-state index is -0.696. The number of anilines is 1. The van der Waals surface area contributed by atoms with E-state index in [9.17, 15) is 9.59 Å². The number of hydrogen-bond donors (Lipinski definition) is 2. The Morgan fingerprint density at radius 3 is 2.61 bits per heavy atom. The zero-order valence-electron chi connectivity index (χ0n) is 18.7. The highest BCUT2D eigenvalue weighted by Crippen LogP contribution is 2.25. The van der Waals surface area contributed by atoms with Gasteiger partial charge in [0.05, 0.1) is 30.9 Å². The van der Waals surface area contributed by atoms with E-state index in [4.69, 9.17) is 22.8 Å². The Kier molecular flexibility index (Phi) is 7.83. The number of carbonyl (C=O) groups excluding carboxylic acids is 2. The number of ketones is 1. The number of para-hydroxylation sites is 1. The lowest BCUT2D eigenvalue weighted by molar-refractivity contribution is -0.117. The van der Waals surface area contributed by atoms with E-state index in [1.54, 1.807) is 33.2 Å². The van der Waals surface area contributed by atoms with Crippen LogP contribution in [-0.4, -0.2) is 50.4 Å². The third-order valence-electron chi connectivity index (χ3n) is 4.70. The number of nitrogens with two attached hydrogens (primary N) is 1. The van der Waals surface area contributed by atoms with E-state index in [0.717, 1.165) is 15.7 Å². The molecular formula is C23H26BrN5O3S. The van der Waals surface area contributed by atoms with Gasteiger partial charge in [0.2, 0.25) is 0 Å². The number of nitrogens with one attached hydrogen (secondary N) is 1. The van der Waals surface area contributed by atoms with Gasteiger partial charge in [-0.1, -0.05) is 30.4 Å². The van der Waals surface area contributed by atoms with Crippen molar-refractivity contribution >= 4 is 50.7 Å². The number of benzene rings is 1. The molecule has 0 atom stereocenters. The molecule has 0 spiro atoms. The van der Waals surface area contributed by atoms with Crippen molar-refractivity contribution in [3.8, 4) is 0 Å². The zero-order valence-corrected chi connectivity index (χ0v) is 21.1. The molecule has 10 heteroatoms. The summed E-state index contributed by atoms with van der Waals surface area (Å²) in [6.45, 7) is 5.50. The molecule has 33 heavy (non-hydrogen) atoms. The lowest BCUT2D eigenvalue weighted by Crippen LogP contribution is -2.50. The molecule has 1 aromatic heterocycles. The molecule has 0 unspecified atom stereocenters. The molecule has 0 saturated carbocycles. The summed E-state index contributed by atoms with van der Waals surface area (Å²) in [6.07, 6.45) is 2.73. The fraction of sp³-hybridized carbons (Fsp3) is 0.304. The standard InChI is InChI=1S/C23H26BrN5O3S/c1-23(2,3)32-22(31)28-13-18(29(25)12-15-9-10-26-11-17(15)24)20(19(30)14-28)21(33)27-16-7-5-4-6-8-16/h4-11H,12-14,25H2,1-3H3,(H,27,33). The zero-order chi connectivity index (χ0) is 24.2. The first-order valence-electron chi connectivity index (χ1n) is 10.3. The number of amides is 1. The van der Waals surface area contributed by atoms with Gasteiger partial charge in [-0.3, -0.25) is 14.7 Å². The van der Waals surface area contributed by atoms with Crippen LogP contribution in [0.25, 0.3) is 0 Å². The lowest BCUT2D eigenvalue weighted by Gasteiger charge is -2.35. The molecule has 0 fully saturated rings. The van der Waals surface area contributed by atoms with Crippen LogP contribution in [0.2, 0.25) is 0 Å². The van der Waals surface area contributed by atoms with E-state index in [-0.39, 0.29) is 36.0 Å². The van der Waals surface area contributed by atoms with Crippen LogP contribution in [0.3, 0.4) is 0 Å². The van der Waals surface area contributed by atoms with E-state index < -0.39 is 11.7 Å². The van der Waals surface area contributed by atoms with Gasteiger partial charge in [0.15, 0.2) is 5.78 Å². The molecule has 174 valence electrons. The topological polar surface area (TPSA) is 101 Å². The van der Waals surface area contributed by atoms with Crippen LogP contribution in [0.1, 0.15) is 26.3 Å². The second-order valence-electron chi connectivity index (χ2n) is 8.50. The van der Waals surface area contributed by atoms with Crippen molar-refractivity contribution in [1.29, 1.82) is 0 Å². The number of halogens is 1. The highest BCUT2D eigenvalue weighted by molar-refractivity contribution is 9.10. The van der Waals surface area contributed by atoms with Gasteiger partial charge >= 0.3 is 6.09 Å². The van der Waals surface area contributed by atoms with E-state index in [1.165, 1.54) is 9.91 Å². The minimum absolute atomic E-state index is 0.0752. The van der Waals surface area contributed by atoms with Crippen molar-refractivity contribution in [3.05, 3.63) is 70.1 Å². The molecule has 1 aromatic carbocycles. The van der Waals surface area contributed by atoms with Crippen molar-refractivity contribution < 1.29 is 14.3 Å². The molecule has 1 aliphatic rings. The summed E-state index contributed by atoms with van der Waals surface area (Å²) in [5, 5.41) is 4.53. The third-order valence-corrected chi connectivity index (χ3v) is 5.72. The van der Waals surface area contributed by atoms with Gasteiger partial charge in [-0.05, 0) is 60.5 Å². The molecule has 2 heterocycles. The quantitative estimate of drug-likeness (QED) is 0.338. The smallest absolute Gasteiger partial charge is 0.411 e. The predicted molar refractivity (Wildman–Crippen MR) is 134 cm³/mol. The van der Waals surface area contributed by atoms with Crippen LogP contribution < -0.4 is 11.2 Å². The molecule has 0 radical (unpaired) electrons. The van der Waals surface area contributed by atoms with Gasteiger partial charge in [-0.2, -0.15) is 0 Å². The van der Waals surface area contributed by atoms with E-state index >= 15 is 0 Å². The number of hydrazine groups is 1. The number of Topliss-reactive ketones (excluding diaryl/α,β-unsaturated/α-hetero) is 1. The summed E-state index contributed by atoms with van der Waals surface area (Å²) < 4.78 is 6.25. The molecular weight excluding hydrogens is 506 g/mol. The average molecular weight is 532 g/mol. The molecule has 2 aromatic rings. The number of carbonyl (C=O) groups is 2. The molecule has 3 rings (SSSR count). The fourth-order valence-corrected chi connectivity index (χ4v) is 3.93. The highest BCUT2D eigenvalue weighted by Gasteiger charge is 2.35. The van der Waals surface area contributed by atoms with Crippen LogP contribution >= 0.6 is 28.1 Å². The molecule has 8 nitrogen and oxygen atoms in total. The minimum Gasteiger partial charge on any atom is -0.444 e. The number of pyridine rings is 1. The van der Waals surface area contributed by atoms with Crippen LogP contribution in [0.15, 0.2) is 64.5 Å². The van der Waals surface area contributed by atoms with Gasteiger partial charge < -0.3 is 15.1 Å². The number of thiocarbonyl (C=S) groups is 1. The summed E-state index contributed by atoms with van der Waals surface area (Å²) in [4.78, 5) is 31.6. The van der Waals surface area contributed by atoms with Crippen molar-refractivity contribution in [2.75, 3.05) is 18.4 Å². The Bertz CT molecular complexity index is 1090. The number of nitrogens with zero attached hydrogens (tertiary/aromatic N) is 3. The van der Waals surface area contributed by atoms with Gasteiger partial charge in [0, 0.05) is 22.6 Å². The van der Waals surface area contributed by atoms with Gasteiger partial charge in [-0.25, -0.2) is 10.6 Å². The van der Waals surface area contributed by atoms with Crippen molar-refractivity contribution in [3.63, 3.8) is 0 Å². The monoisotopic (exact) mass is 531 g/mol. The Hall–Kier alpha value is -2.82. The molecule has 0 aliphatic carbocycles. The Morgan fingerprint density at radius 1 is 1.27 bits per heavy atom. The maximum Gasteiger partial charge on any atom is 0.411 e. The number of rotatable bonds is 5. The maximum absolute atomic E-state index is 13.2. The number of aromatic nitrogens is 1. The molecule has 0 bridgehead atoms. The van der Waals surface area contributed by atoms with Gasteiger partial charge in [-0.15, -0.1) is 0 Å². The first-order chi connectivity index (χ1) is 15.5. The molecule has 1 aliphatic heterocycles. The fourth-order valence-electron chi connectivity index (χ4n) is 3.20. The predicted octanol–water partition coefficient (Wildman–Crippen LogP) is 4.03. The second-order valence-corrected chi connectivity index (χ2v) is 9.76. The lowest BCUT2D eigenvalue weighted by atomic mass is 10.0. The van der Waals surface area contributed by atoms with Gasteiger partial charge in [0.1, 0.15) is 10.6 Å². The number of hydrogen-bond acceptors (Lipinski definition) is 7. The SMILES string of the molecule is CC(C)(C)OC(=O)N1CC(=O)C(C(=S)Nc2ccccc2)=C(N(N)Cc2ccncc2Br)C1. The Labute approximate surface area is 206 Å². The van der Waals surface area contributed by atoms with Crippen molar-refractivity contribution in [1.82, 2.24) is 14.9 Å². The highest BCUT2D eigenvalue weighted by atomic mass is 79.9. The van der Waals surface area contributed by atoms with Crippen LogP contribution in [-0.2, 0) is 16.1 Å². The van der Waals surface area contributed by atoms with Gasteiger partial charge in [0.25, 0.3) is 0 Å². The van der Waals surface area contributed by atoms with Crippen LogP contribution in [0, 0.1) is 0 Å². The van der Waals surface area contributed by atoms with E-state index in [0.29, 0.717) is 5.70 Å². The third kappa shape index (κ3) is 6.59. The van der Waals surface area contributed by atoms with Crippen molar-refractivity contribution in [2.24, 2.45) is 5.84 Å². The second kappa shape index (κ2) is 10.4. The normalized spacial score (nSPS) is 14.2. The van der Waals surface area contributed by atoms with Crippen LogP contribution in [0.4, 0.5) is 10.5 Å². The van der Waals surface area contributed by atoms with Crippen molar-refractivity contribution in [2.45, 2.75) is 32.9 Å². The Morgan fingerprint density at radius 2 is 1.97 bits per heavy atom. The first kappa shape index (κ1) is 24.8. The summed E-state index contributed by atoms with van der Waals surface area (Å²) in [7, 11) is 0. The van der Waals surface area contributed by atoms with E-state index in [2.05, 4.69) is 26.2 Å². The summed E-state index contributed by atoms with van der Waals surface area (Å²) in [5.74, 6) is 6.12. The first-order valence-corrected chi connectivity index (χ1v) is 11.5. The summed E-state index contributed by atoms with van der Waals surface area (Å²) >= 11 is 9.05. The molecule has 0 saturated heterocycles. The molecule has 1 amide bonds. The summed E-state index contributed by atoms with van der Waals surface area (Å²) in [5.41, 5.74) is 1.62.